The van der Waals surface area contributed by atoms with Crippen molar-refractivity contribution in [2.45, 2.75) is 24.5 Å². The number of thioether (sulfide) groups is 1. The number of ether oxygens (including phenoxy) is 1. The lowest BCUT2D eigenvalue weighted by Crippen LogP contribution is -2.11. The Morgan fingerprint density at radius 2 is 1.69 bits per heavy atom. The number of carbonyl (C=O) groups is 1. The van der Waals surface area contributed by atoms with Gasteiger partial charge >= 0.3 is 18.3 Å². The summed E-state index contributed by atoms with van der Waals surface area (Å²) in [5.74, 6) is -0.722. The van der Waals surface area contributed by atoms with Crippen LogP contribution in [0.2, 0.25) is 0 Å². The molecule has 0 atom stereocenters. The third kappa shape index (κ3) is 5.16. The zero-order valence-electron chi connectivity index (χ0n) is 13.1. The number of aromatic nitrogens is 1. The van der Waals surface area contributed by atoms with E-state index in [9.17, 15) is 31.1 Å². The van der Waals surface area contributed by atoms with Gasteiger partial charge in [-0.2, -0.15) is 26.3 Å². The van der Waals surface area contributed by atoms with E-state index < -0.39 is 35.0 Å². The maximum absolute atomic E-state index is 12.9. The van der Waals surface area contributed by atoms with Gasteiger partial charge in [-0.15, -0.1) is 0 Å². The highest BCUT2D eigenvalue weighted by atomic mass is 32.2. The Balaban J connectivity index is 2.32. The lowest BCUT2D eigenvalue weighted by Gasteiger charge is -2.13. The van der Waals surface area contributed by atoms with Crippen molar-refractivity contribution < 1.29 is 40.3 Å². The van der Waals surface area contributed by atoms with Gasteiger partial charge in [0.05, 0.1) is 17.7 Å². The molecule has 2 aromatic rings. The molecule has 0 amide bonds. The number of hydrogen-bond donors (Lipinski definition) is 0. The maximum atomic E-state index is 12.9. The van der Waals surface area contributed by atoms with Gasteiger partial charge in [0.2, 0.25) is 0 Å². The van der Waals surface area contributed by atoms with E-state index in [1.807, 2.05) is 0 Å². The quantitative estimate of drug-likeness (QED) is 0.401. The smallest absolute Gasteiger partial charge is 0.416 e. The van der Waals surface area contributed by atoms with E-state index in [1.165, 1.54) is 0 Å². The van der Waals surface area contributed by atoms with Crippen LogP contribution in [0.15, 0.2) is 34.1 Å². The van der Waals surface area contributed by atoms with Crippen LogP contribution in [0.4, 0.5) is 26.3 Å². The number of carbonyl (C=O) groups excluding carboxylic acids is 1. The summed E-state index contributed by atoms with van der Waals surface area (Å²) in [6.07, 6.45) is -8.99. The molecule has 11 heteroatoms. The van der Waals surface area contributed by atoms with Gasteiger partial charge in [-0.3, -0.25) is 4.79 Å². The molecule has 26 heavy (non-hydrogen) atoms. The predicted molar refractivity (Wildman–Crippen MR) is 79.3 cm³/mol. The van der Waals surface area contributed by atoms with Crippen LogP contribution in [0, 0.1) is 0 Å². The van der Waals surface area contributed by atoms with Crippen molar-refractivity contribution in [3.8, 4) is 11.3 Å². The molecule has 0 aliphatic rings. The molecule has 2 rings (SSSR count). The van der Waals surface area contributed by atoms with E-state index in [2.05, 4.69) is 9.72 Å². The van der Waals surface area contributed by atoms with Crippen molar-refractivity contribution in [3.05, 3.63) is 35.6 Å². The fourth-order valence-corrected chi connectivity index (χ4v) is 2.49. The minimum absolute atomic E-state index is 0.0278. The first kappa shape index (κ1) is 20.1. The average molecular weight is 399 g/mol. The Labute approximate surface area is 147 Å². The minimum atomic E-state index is -4.96. The van der Waals surface area contributed by atoms with Crippen molar-refractivity contribution in [1.29, 1.82) is 0 Å². The van der Waals surface area contributed by atoms with Gasteiger partial charge < -0.3 is 9.15 Å². The van der Waals surface area contributed by atoms with Gasteiger partial charge in [0.1, 0.15) is 17.7 Å². The highest BCUT2D eigenvalue weighted by Gasteiger charge is 2.37. The molecule has 0 fully saturated rings. The van der Waals surface area contributed by atoms with Crippen LogP contribution < -0.4 is 0 Å². The molecule has 0 spiro atoms. The molecule has 4 nitrogen and oxygen atoms in total. The molecule has 0 saturated carbocycles. The fourth-order valence-electron chi connectivity index (χ4n) is 1.88. The summed E-state index contributed by atoms with van der Waals surface area (Å²) in [6, 6.07) is 1.12. The average Bonchev–Trinajstić information content (AvgIpc) is 3.00. The monoisotopic (exact) mass is 399 g/mol. The number of benzene rings is 1. The molecule has 0 bridgehead atoms. The molecule has 0 N–H and O–H groups in total. The normalized spacial score (nSPS) is 12.3. The third-order valence-corrected chi connectivity index (χ3v) is 3.80. The van der Waals surface area contributed by atoms with Crippen LogP contribution in [0.5, 0.6) is 0 Å². The van der Waals surface area contributed by atoms with E-state index in [1.54, 1.807) is 6.92 Å². The zero-order chi connectivity index (χ0) is 19.5. The van der Waals surface area contributed by atoms with Gasteiger partial charge in [0.25, 0.3) is 5.22 Å². The van der Waals surface area contributed by atoms with Crippen molar-refractivity contribution in [1.82, 2.24) is 4.98 Å². The van der Waals surface area contributed by atoms with E-state index in [0.29, 0.717) is 12.1 Å². The molecule has 0 aliphatic heterocycles. The number of esters is 1. The topological polar surface area (TPSA) is 52.3 Å². The molecular formula is C15H11F6NO3S. The molecular weight excluding hydrogens is 388 g/mol. The largest absolute Gasteiger partial charge is 0.465 e. The van der Waals surface area contributed by atoms with Crippen molar-refractivity contribution in [3.63, 3.8) is 0 Å². The van der Waals surface area contributed by atoms with Gasteiger partial charge in [0, 0.05) is 5.56 Å². The van der Waals surface area contributed by atoms with Crippen LogP contribution >= 0.6 is 11.8 Å². The van der Waals surface area contributed by atoms with E-state index in [4.69, 9.17) is 4.42 Å². The first-order valence-corrected chi connectivity index (χ1v) is 8.03. The second kappa shape index (κ2) is 7.60. The van der Waals surface area contributed by atoms with Gasteiger partial charge in [-0.05, 0) is 25.1 Å². The molecule has 0 radical (unpaired) electrons. The molecule has 1 heterocycles. The Morgan fingerprint density at radius 1 is 1.12 bits per heavy atom. The summed E-state index contributed by atoms with van der Waals surface area (Å²) in [4.78, 5) is 15.1. The molecule has 0 unspecified atom stereocenters. The molecule has 0 saturated heterocycles. The Morgan fingerprint density at radius 3 is 2.19 bits per heavy atom. The highest BCUT2D eigenvalue weighted by Crippen LogP contribution is 2.38. The number of oxazole rings is 1. The van der Waals surface area contributed by atoms with Gasteiger partial charge in [-0.25, -0.2) is 4.98 Å². The Kier molecular flexibility index (Phi) is 5.89. The third-order valence-electron chi connectivity index (χ3n) is 2.99. The zero-order valence-corrected chi connectivity index (χ0v) is 13.9. The van der Waals surface area contributed by atoms with Crippen molar-refractivity contribution in [2.75, 3.05) is 12.4 Å². The summed E-state index contributed by atoms with van der Waals surface area (Å²) in [5, 5.41) is -0.0842. The van der Waals surface area contributed by atoms with Crippen molar-refractivity contribution >= 4 is 17.7 Å². The SMILES string of the molecule is CCOC(=O)CSc1nc(-c2cc(C(F)(F)F)cc(C(F)(F)F)c2)co1. The van der Waals surface area contributed by atoms with Crippen LogP contribution in [0.25, 0.3) is 11.3 Å². The Hall–Kier alpha value is -2.17. The summed E-state index contributed by atoms with van der Waals surface area (Å²) >= 11 is 0.807. The lowest BCUT2D eigenvalue weighted by molar-refractivity contribution is -0.143. The summed E-state index contributed by atoms with van der Waals surface area (Å²) < 4.78 is 86.9. The van der Waals surface area contributed by atoms with Gasteiger partial charge in [-0.1, -0.05) is 11.8 Å². The second-order valence-corrected chi connectivity index (χ2v) is 5.81. The molecule has 142 valence electrons. The number of rotatable bonds is 5. The molecule has 1 aromatic heterocycles. The van der Waals surface area contributed by atoms with E-state index >= 15 is 0 Å². The van der Waals surface area contributed by atoms with Crippen LogP contribution in [0.3, 0.4) is 0 Å². The number of alkyl halides is 6. The standard InChI is InChI=1S/C15H11F6NO3S/c1-2-24-12(23)7-26-13-22-11(6-25-13)8-3-9(14(16,17)18)5-10(4-8)15(19,20)21/h3-6H,2,7H2,1H3. The molecule has 0 aliphatic carbocycles. The fraction of sp³-hybridized carbons (Fsp3) is 0.333. The van der Waals surface area contributed by atoms with E-state index in [0.717, 1.165) is 18.0 Å². The summed E-state index contributed by atoms with van der Waals surface area (Å²) in [5.41, 5.74) is -3.52. The van der Waals surface area contributed by atoms with Gasteiger partial charge in [0.15, 0.2) is 0 Å². The van der Waals surface area contributed by atoms with Crippen molar-refractivity contribution in [2.24, 2.45) is 0 Å². The maximum Gasteiger partial charge on any atom is 0.416 e. The highest BCUT2D eigenvalue weighted by molar-refractivity contribution is 7.99. The second-order valence-electron chi connectivity index (χ2n) is 4.89. The number of halogens is 6. The minimum Gasteiger partial charge on any atom is -0.465 e. The van der Waals surface area contributed by atoms with Crippen LogP contribution in [-0.2, 0) is 21.9 Å². The van der Waals surface area contributed by atoms with Crippen LogP contribution in [0.1, 0.15) is 18.1 Å². The number of nitrogens with zero attached hydrogens (tertiary/aromatic N) is 1. The summed E-state index contributed by atoms with van der Waals surface area (Å²) in [7, 11) is 0. The Bertz CT molecular complexity index is 752. The first-order valence-electron chi connectivity index (χ1n) is 7.04. The predicted octanol–water partition coefficient (Wildman–Crippen LogP) is 5.03. The summed E-state index contributed by atoms with van der Waals surface area (Å²) in [6.45, 7) is 1.78. The number of hydrogen-bond acceptors (Lipinski definition) is 5. The first-order chi connectivity index (χ1) is 12.0. The lowest BCUT2D eigenvalue weighted by atomic mass is 10.0. The van der Waals surface area contributed by atoms with E-state index in [-0.39, 0.29) is 29.3 Å². The molecule has 1 aromatic carbocycles. The van der Waals surface area contributed by atoms with Crippen LogP contribution in [-0.4, -0.2) is 23.3 Å².